The second-order valence-corrected chi connectivity index (χ2v) is 4.94. The number of aromatic hydroxyl groups is 1. The lowest BCUT2D eigenvalue weighted by Gasteiger charge is -2.07. The summed E-state index contributed by atoms with van der Waals surface area (Å²) in [5, 5.41) is 9.73. The van der Waals surface area contributed by atoms with Gasteiger partial charge in [0, 0.05) is 0 Å². The molecule has 118 valence electrons. The molecule has 3 rings (SSSR count). The van der Waals surface area contributed by atoms with E-state index in [9.17, 15) is 9.90 Å². The average Bonchev–Trinajstić information content (AvgIpc) is 2.87. The van der Waals surface area contributed by atoms with Gasteiger partial charge in [-0.05, 0) is 42.8 Å². The third kappa shape index (κ3) is 2.73. The van der Waals surface area contributed by atoms with Gasteiger partial charge in [0.15, 0.2) is 28.8 Å². The van der Waals surface area contributed by atoms with E-state index in [1.54, 1.807) is 36.4 Å². The maximum atomic E-state index is 12.4. The molecule has 0 aliphatic carbocycles. The lowest BCUT2D eigenvalue weighted by molar-refractivity contribution is 0.101. The Morgan fingerprint density at radius 2 is 2.04 bits per heavy atom. The van der Waals surface area contributed by atoms with E-state index in [-0.39, 0.29) is 17.3 Å². The van der Waals surface area contributed by atoms with Crippen LogP contribution >= 0.6 is 0 Å². The van der Waals surface area contributed by atoms with Crippen LogP contribution in [-0.4, -0.2) is 24.6 Å². The van der Waals surface area contributed by atoms with Gasteiger partial charge in [0.2, 0.25) is 5.78 Å². The number of hydrogen-bond donors (Lipinski definition) is 1. The average molecular weight is 312 g/mol. The summed E-state index contributed by atoms with van der Waals surface area (Å²) in [5.41, 5.74) is 1.17. The van der Waals surface area contributed by atoms with Gasteiger partial charge in [-0.3, -0.25) is 4.79 Å². The first-order valence-electron chi connectivity index (χ1n) is 7.21. The van der Waals surface area contributed by atoms with Crippen LogP contribution in [0.1, 0.15) is 22.8 Å². The molecule has 2 aromatic carbocycles. The normalized spacial score (nSPS) is 14.5. The maximum Gasteiger partial charge on any atom is 0.232 e. The van der Waals surface area contributed by atoms with E-state index in [2.05, 4.69) is 0 Å². The highest BCUT2D eigenvalue weighted by atomic mass is 16.5. The van der Waals surface area contributed by atoms with Crippen LogP contribution in [0.3, 0.4) is 0 Å². The molecule has 5 heteroatoms. The number of carbonyl (C=O) groups excluding carboxylic acids is 1. The third-order valence-electron chi connectivity index (χ3n) is 3.46. The number of allylic oxidation sites excluding steroid dienone is 1. The molecular formula is C18H16O5. The molecule has 0 bridgehead atoms. The van der Waals surface area contributed by atoms with Crippen LogP contribution in [0.2, 0.25) is 0 Å². The zero-order chi connectivity index (χ0) is 16.4. The van der Waals surface area contributed by atoms with E-state index >= 15 is 0 Å². The molecule has 0 atom stereocenters. The summed E-state index contributed by atoms with van der Waals surface area (Å²) in [6.07, 6.45) is 1.61. The second kappa shape index (κ2) is 6.04. The molecule has 1 heterocycles. The standard InChI is InChI=1S/C18H16O5/c1-3-22-15-9-11(7-8-13(15)19)10-16-17(20)12-5-4-6-14(21-2)18(12)23-16/h4-10,19H,3H2,1-2H3/b16-10-. The van der Waals surface area contributed by atoms with Crippen molar-refractivity contribution in [3.8, 4) is 23.0 Å². The van der Waals surface area contributed by atoms with Gasteiger partial charge in [-0.15, -0.1) is 0 Å². The Hall–Kier alpha value is -2.95. The van der Waals surface area contributed by atoms with Gasteiger partial charge in [0.05, 0.1) is 19.3 Å². The first-order chi connectivity index (χ1) is 11.1. The Kier molecular flexibility index (Phi) is 3.93. The molecule has 0 fully saturated rings. The minimum absolute atomic E-state index is 0.0534. The fourth-order valence-electron chi connectivity index (χ4n) is 2.39. The summed E-state index contributed by atoms with van der Waals surface area (Å²) < 4.78 is 16.2. The first kappa shape index (κ1) is 15.0. The van der Waals surface area contributed by atoms with E-state index < -0.39 is 0 Å². The summed E-state index contributed by atoms with van der Waals surface area (Å²) in [6.45, 7) is 2.27. The maximum absolute atomic E-state index is 12.4. The van der Waals surface area contributed by atoms with Gasteiger partial charge in [0.1, 0.15) is 0 Å². The van der Waals surface area contributed by atoms with Crippen molar-refractivity contribution in [2.75, 3.05) is 13.7 Å². The van der Waals surface area contributed by atoms with Crippen LogP contribution < -0.4 is 14.2 Å². The topological polar surface area (TPSA) is 65.0 Å². The number of Topliss-reactive ketones (excluding diaryl/α,β-unsaturated/α-hetero) is 1. The van der Waals surface area contributed by atoms with Crippen LogP contribution in [0, 0.1) is 0 Å². The van der Waals surface area contributed by atoms with Crippen molar-refractivity contribution in [1.29, 1.82) is 0 Å². The number of phenolic OH excluding ortho intramolecular Hbond substituents is 1. The number of phenols is 1. The number of rotatable bonds is 4. The van der Waals surface area contributed by atoms with Gasteiger partial charge in [0.25, 0.3) is 0 Å². The lowest BCUT2D eigenvalue weighted by atomic mass is 10.1. The van der Waals surface area contributed by atoms with Crippen LogP contribution in [0.15, 0.2) is 42.2 Å². The zero-order valence-corrected chi connectivity index (χ0v) is 12.8. The predicted molar refractivity (Wildman–Crippen MR) is 85.2 cm³/mol. The monoisotopic (exact) mass is 312 g/mol. The number of fused-ring (bicyclic) bond motifs is 1. The Morgan fingerprint density at radius 3 is 2.78 bits per heavy atom. The van der Waals surface area contributed by atoms with Gasteiger partial charge < -0.3 is 19.3 Å². The fourth-order valence-corrected chi connectivity index (χ4v) is 2.39. The van der Waals surface area contributed by atoms with E-state index in [0.717, 1.165) is 0 Å². The summed E-state index contributed by atoms with van der Waals surface area (Å²) in [7, 11) is 1.53. The SMILES string of the molecule is CCOc1cc(/C=C2\Oc3c(OC)cccc3C2=O)ccc1O. The van der Waals surface area contributed by atoms with E-state index in [1.165, 1.54) is 13.2 Å². The van der Waals surface area contributed by atoms with Crippen LogP contribution in [0.4, 0.5) is 0 Å². The number of ether oxygens (including phenoxy) is 3. The molecule has 0 unspecified atom stereocenters. The van der Waals surface area contributed by atoms with Crippen molar-refractivity contribution in [1.82, 2.24) is 0 Å². The minimum atomic E-state index is -0.204. The predicted octanol–water partition coefficient (Wildman–Crippen LogP) is 3.42. The highest BCUT2D eigenvalue weighted by Gasteiger charge is 2.30. The Bertz CT molecular complexity index is 792. The smallest absolute Gasteiger partial charge is 0.232 e. The molecule has 1 N–H and O–H groups in total. The fraction of sp³-hybridized carbons (Fsp3) is 0.167. The highest BCUT2D eigenvalue weighted by Crippen LogP contribution is 2.39. The van der Waals surface area contributed by atoms with Crippen molar-refractivity contribution >= 4 is 11.9 Å². The van der Waals surface area contributed by atoms with Gasteiger partial charge >= 0.3 is 0 Å². The third-order valence-corrected chi connectivity index (χ3v) is 3.46. The highest BCUT2D eigenvalue weighted by molar-refractivity contribution is 6.15. The molecule has 0 saturated carbocycles. The Balaban J connectivity index is 1.96. The van der Waals surface area contributed by atoms with Crippen molar-refractivity contribution in [2.24, 2.45) is 0 Å². The molecule has 1 aliphatic heterocycles. The summed E-state index contributed by atoms with van der Waals surface area (Å²) in [5.74, 6) is 1.36. The van der Waals surface area contributed by atoms with Gasteiger partial charge in [-0.2, -0.15) is 0 Å². The molecule has 1 aliphatic rings. The van der Waals surface area contributed by atoms with E-state index in [0.29, 0.717) is 35.0 Å². The molecule has 0 radical (unpaired) electrons. The number of ketones is 1. The zero-order valence-electron chi connectivity index (χ0n) is 12.8. The molecule has 5 nitrogen and oxygen atoms in total. The number of para-hydroxylation sites is 1. The molecule has 2 aromatic rings. The number of hydrogen-bond acceptors (Lipinski definition) is 5. The molecule has 0 aromatic heterocycles. The molecule has 0 spiro atoms. The molecular weight excluding hydrogens is 296 g/mol. The number of methoxy groups -OCH3 is 1. The van der Waals surface area contributed by atoms with Crippen molar-refractivity contribution < 1.29 is 24.1 Å². The van der Waals surface area contributed by atoms with Crippen molar-refractivity contribution in [3.05, 3.63) is 53.3 Å². The Labute approximate surface area is 133 Å². The lowest BCUT2D eigenvalue weighted by Crippen LogP contribution is -1.98. The second-order valence-electron chi connectivity index (χ2n) is 4.94. The van der Waals surface area contributed by atoms with Crippen LogP contribution in [0.5, 0.6) is 23.0 Å². The molecule has 23 heavy (non-hydrogen) atoms. The van der Waals surface area contributed by atoms with Gasteiger partial charge in [-0.25, -0.2) is 0 Å². The number of benzene rings is 2. The first-order valence-corrected chi connectivity index (χ1v) is 7.21. The molecule has 0 saturated heterocycles. The quantitative estimate of drug-likeness (QED) is 0.876. The van der Waals surface area contributed by atoms with Crippen molar-refractivity contribution in [2.45, 2.75) is 6.92 Å². The number of carbonyl (C=O) groups is 1. The molecule has 0 amide bonds. The summed E-state index contributed by atoms with van der Waals surface area (Å²) >= 11 is 0. The van der Waals surface area contributed by atoms with Crippen molar-refractivity contribution in [3.63, 3.8) is 0 Å². The Morgan fingerprint density at radius 1 is 1.22 bits per heavy atom. The van der Waals surface area contributed by atoms with E-state index in [4.69, 9.17) is 14.2 Å². The summed E-state index contributed by atoms with van der Waals surface area (Å²) in [4.78, 5) is 12.4. The largest absolute Gasteiger partial charge is 0.504 e. The van der Waals surface area contributed by atoms with E-state index in [1.807, 2.05) is 6.92 Å². The van der Waals surface area contributed by atoms with Crippen LogP contribution in [0.25, 0.3) is 6.08 Å². The van der Waals surface area contributed by atoms with Gasteiger partial charge in [-0.1, -0.05) is 12.1 Å². The van der Waals surface area contributed by atoms with Crippen LogP contribution in [-0.2, 0) is 0 Å². The summed E-state index contributed by atoms with van der Waals surface area (Å²) in [6, 6.07) is 10.0. The minimum Gasteiger partial charge on any atom is -0.504 e.